The summed E-state index contributed by atoms with van der Waals surface area (Å²) in [5, 5.41) is 10.4. The summed E-state index contributed by atoms with van der Waals surface area (Å²) in [6.45, 7) is 10.1. The van der Waals surface area contributed by atoms with E-state index in [4.69, 9.17) is 0 Å². The molecule has 2 atom stereocenters. The fourth-order valence-corrected chi connectivity index (χ4v) is 1.63. The van der Waals surface area contributed by atoms with Crippen molar-refractivity contribution in [3.63, 3.8) is 0 Å². The molecule has 0 aliphatic carbocycles. The van der Waals surface area contributed by atoms with E-state index in [0.717, 1.165) is 12.1 Å². The van der Waals surface area contributed by atoms with Gasteiger partial charge in [0.15, 0.2) is 0 Å². The molecular weight excluding hydrogens is 174 g/mol. The zero-order chi connectivity index (χ0) is 10.6. The summed E-state index contributed by atoms with van der Waals surface area (Å²) in [4.78, 5) is 0. The first-order chi connectivity index (χ1) is 6.65. The number of aryl methyl sites for hydroxylation is 1. The van der Waals surface area contributed by atoms with Crippen molar-refractivity contribution in [1.29, 1.82) is 0 Å². The van der Waals surface area contributed by atoms with Crippen molar-refractivity contribution in [2.75, 3.05) is 0 Å². The molecule has 1 aromatic rings. The van der Waals surface area contributed by atoms with Crippen LogP contribution >= 0.6 is 0 Å². The molecule has 0 fully saturated rings. The summed E-state index contributed by atoms with van der Waals surface area (Å²) in [5.41, 5.74) is 2.37. The lowest BCUT2D eigenvalue weighted by Gasteiger charge is -2.18. The quantitative estimate of drug-likeness (QED) is 0.705. The van der Waals surface area contributed by atoms with E-state index in [2.05, 4.69) is 35.9 Å². The van der Waals surface area contributed by atoms with Crippen molar-refractivity contribution in [3.8, 4) is 0 Å². The van der Waals surface area contributed by atoms with Crippen molar-refractivity contribution in [3.05, 3.63) is 30.1 Å². The largest absolute Gasteiger partial charge is 0.307 e. The summed E-state index contributed by atoms with van der Waals surface area (Å²) >= 11 is 0. The van der Waals surface area contributed by atoms with E-state index >= 15 is 0 Å². The molecule has 2 unspecified atom stereocenters. The maximum atomic E-state index is 4.01. The monoisotopic (exact) mass is 193 g/mol. The van der Waals surface area contributed by atoms with Crippen molar-refractivity contribution in [2.45, 2.75) is 39.3 Å². The van der Waals surface area contributed by atoms with E-state index in [1.54, 1.807) is 0 Å². The third kappa shape index (κ3) is 2.70. The van der Waals surface area contributed by atoms with Gasteiger partial charge in [0.2, 0.25) is 0 Å². The van der Waals surface area contributed by atoms with Gasteiger partial charge >= 0.3 is 0 Å². The minimum absolute atomic E-state index is 0.337. The highest BCUT2D eigenvalue weighted by Crippen LogP contribution is 2.15. The highest BCUT2D eigenvalue weighted by atomic mass is 15.1. The molecule has 3 heteroatoms. The van der Waals surface area contributed by atoms with Crippen molar-refractivity contribution in [2.24, 2.45) is 0 Å². The molecular formula is C11H19N3. The van der Waals surface area contributed by atoms with Gasteiger partial charge < -0.3 is 5.32 Å². The van der Waals surface area contributed by atoms with Gasteiger partial charge in [-0.25, -0.2) is 0 Å². The molecule has 0 radical (unpaired) electrons. The van der Waals surface area contributed by atoms with Crippen LogP contribution in [0.5, 0.6) is 0 Å². The Morgan fingerprint density at radius 1 is 1.64 bits per heavy atom. The Morgan fingerprint density at radius 3 is 2.86 bits per heavy atom. The Hall–Kier alpha value is -1.09. The number of hydrogen-bond acceptors (Lipinski definition) is 2. The summed E-state index contributed by atoms with van der Waals surface area (Å²) < 4.78 is 0. The van der Waals surface area contributed by atoms with Crippen molar-refractivity contribution < 1.29 is 0 Å². The molecule has 0 aliphatic heterocycles. The van der Waals surface area contributed by atoms with E-state index in [9.17, 15) is 0 Å². The third-order valence-corrected chi connectivity index (χ3v) is 2.39. The molecule has 2 N–H and O–H groups in total. The zero-order valence-corrected chi connectivity index (χ0v) is 9.17. The second-order valence-corrected chi connectivity index (χ2v) is 3.76. The average Bonchev–Trinajstić information content (AvgIpc) is 2.51. The summed E-state index contributed by atoms with van der Waals surface area (Å²) in [5.74, 6) is 0. The minimum Gasteiger partial charge on any atom is -0.307 e. The highest BCUT2D eigenvalue weighted by Gasteiger charge is 2.11. The van der Waals surface area contributed by atoms with Crippen LogP contribution in [0.2, 0.25) is 0 Å². The zero-order valence-electron chi connectivity index (χ0n) is 9.17. The van der Waals surface area contributed by atoms with E-state index in [-0.39, 0.29) is 0 Å². The van der Waals surface area contributed by atoms with Crippen LogP contribution in [0.15, 0.2) is 18.9 Å². The first-order valence-corrected chi connectivity index (χ1v) is 5.02. The Labute approximate surface area is 85.6 Å². The molecule has 0 amide bonds. The van der Waals surface area contributed by atoms with Crippen LogP contribution in [-0.2, 0) is 0 Å². The van der Waals surface area contributed by atoms with Crippen LogP contribution in [-0.4, -0.2) is 16.2 Å². The maximum Gasteiger partial charge on any atom is 0.0537 e. The molecule has 0 aromatic carbocycles. The van der Waals surface area contributed by atoms with Crippen LogP contribution in [0.4, 0.5) is 0 Å². The van der Waals surface area contributed by atoms with Gasteiger partial charge in [-0.15, -0.1) is 6.58 Å². The predicted molar refractivity (Wildman–Crippen MR) is 59.2 cm³/mol. The molecule has 3 nitrogen and oxygen atoms in total. The van der Waals surface area contributed by atoms with Crippen LogP contribution in [0, 0.1) is 6.92 Å². The second kappa shape index (κ2) is 4.96. The van der Waals surface area contributed by atoms with Gasteiger partial charge in [0, 0.05) is 23.3 Å². The molecule has 14 heavy (non-hydrogen) atoms. The average molecular weight is 193 g/mol. The Kier molecular flexibility index (Phi) is 3.89. The SMILES string of the molecule is C=CCC(C)NC(C)c1cn[nH]c1C. The van der Waals surface area contributed by atoms with Gasteiger partial charge in [-0.1, -0.05) is 6.08 Å². The normalized spacial score (nSPS) is 15.1. The van der Waals surface area contributed by atoms with Crippen LogP contribution in [0.25, 0.3) is 0 Å². The molecule has 0 spiro atoms. The fourth-order valence-electron chi connectivity index (χ4n) is 1.63. The number of hydrogen-bond donors (Lipinski definition) is 2. The lowest BCUT2D eigenvalue weighted by atomic mass is 10.1. The number of nitrogens with one attached hydrogen (secondary N) is 2. The van der Waals surface area contributed by atoms with E-state index in [1.807, 2.05) is 19.2 Å². The van der Waals surface area contributed by atoms with E-state index in [1.165, 1.54) is 5.56 Å². The Balaban J connectivity index is 2.54. The van der Waals surface area contributed by atoms with Gasteiger partial charge in [0.05, 0.1) is 6.20 Å². The lowest BCUT2D eigenvalue weighted by molar-refractivity contribution is 0.481. The summed E-state index contributed by atoms with van der Waals surface area (Å²) in [7, 11) is 0. The molecule has 0 saturated heterocycles. The van der Waals surface area contributed by atoms with Gasteiger partial charge in [-0.05, 0) is 27.2 Å². The van der Waals surface area contributed by atoms with E-state index < -0.39 is 0 Å². The molecule has 1 rings (SSSR count). The standard InChI is InChI=1S/C11H19N3/c1-5-6-8(2)13-9(3)11-7-12-14-10(11)4/h5,7-9,13H,1,6H2,2-4H3,(H,12,14). The number of nitrogens with zero attached hydrogens (tertiary/aromatic N) is 1. The van der Waals surface area contributed by atoms with Gasteiger partial charge in [-0.3, -0.25) is 5.10 Å². The van der Waals surface area contributed by atoms with Gasteiger partial charge in [0.25, 0.3) is 0 Å². The fraction of sp³-hybridized carbons (Fsp3) is 0.545. The molecule has 78 valence electrons. The van der Waals surface area contributed by atoms with E-state index in [0.29, 0.717) is 12.1 Å². The smallest absolute Gasteiger partial charge is 0.0537 e. The van der Waals surface area contributed by atoms with Gasteiger partial charge in [0.1, 0.15) is 0 Å². The molecule has 0 saturated carbocycles. The summed E-state index contributed by atoms with van der Waals surface area (Å²) in [6.07, 6.45) is 4.81. The third-order valence-electron chi connectivity index (χ3n) is 2.39. The number of aromatic amines is 1. The number of rotatable bonds is 5. The molecule has 1 heterocycles. The Bertz CT molecular complexity index is 290. The Morgan fingerprint density at radius 2 is 2.36 bits per heavy atom. The number of aromatic nitrogens is 2. The molecule has 1 aromatic heterocycles. The first kappa shape index (κ1) is 11.0. The number of H-pyrrole nitrogens is 1. The van der Waals surface area contributed by atoms with Crippen LogP contribution < -0.4 is 5.32 Å². The summed E-state index contributed by atoms with van der Waals surface area (Å²) in [6, 6.07) is 0.792. The van der Waals surface area contributed by atoms with Crippen LogP contribution in [0.3, 0.4) is 0 Å². The maximum absolute atomic E-state index is 4.01. The second-order valence-electron chi connectivity index (χ2n) is 3.76. The van der Waals surface area contributed by atoms with Gasteiger partial charge in [-0.2, -0.15) is 5.10 Å². The molecule has 0 aliphatic rings. The topological polar surface area (TPSA) is 40.7 Å². The predicted octanol–water partition coefficient (Wildman–Crippen LogP) is 2.33. The van der Waals surface area contributed by atoms with Crippen molar-refractivity contribution >= 4 is 0 Å². The van der Waals surface area contributed by atoms with Crippen molar-refractivity contribution in [1.82, 2.24) is 15.5 Å². The molecule has 0 bridgehead atoms. The highest BCUT2D eigenvalue weighted by molar-refractivity contribution is 5.18. The van der Waals surface area contributed by atoms with Crippen LogP contribution in [0.1, 0.15) is 37.6 Å². The lowest BCUT2D eigenvalue weighted by Crippen LogP contribution is -2.28. The minimum atomic E-state index is 0.337. The first-order valence-electron chi connectivity index (χ1n) is 5.02.